The van der Waals surface area contributed by atoms with Gasteiger partial charge in [0.2, 0.25) is 11.8 Å². The number of nitrogens with one attached hydrogen (secondary N) is 1. The lowest BCUT2D eigenvalue weighted by molar-refractivity contribution is -0.138. The van der Waals surface area contributed by atoms with Crippen molar-refractivity contribution in [1.29, 1.82) is 0 Å². The molecule has 0 spiro atoms. The van der Waals surface area contributed by atoms with E-state index in [9.17, 15) is 14.0 Å². The Morgan fingerprint density at radius 2 is 1.67 bits per heavy atom. The number of halogens is 2. The van der Waals surface area contributed by atoms with Crippen LogP contribution in [0.5, 0.6) is 0 Å². The van der Waals surface area contributed by atoms with E-state index in [1.807, 2.05) is 41.3 Å². The van der Waals surface area contributed by atoms with Gasteiger partial charge in [0.1, 0.15) is 5.82 Å². The first-order chi connectivity index (χ1) is 17.3. The van der Waals surface area contributed by atoms with Gasteiger partial charge in [-0.25, -0.2) is 4.39 Å². The number of benzene rings is 2. The molecular weight excluding hydrogens is 477 g/mol. The number of piperazine rings is 1. The topological polar surface area (TPSA) is 52.7 Å². The smallest absolute Gasteiger partial charge is 0.223 e. The molecule has 3 unspecified atom stereocenters. The maximum absolute atomic E-state index is 13.5. The third kappa shape index (κ3) is 6.86. The second-order valence-corrected chi connectivity index (χ2v) is 10.9. The summed E-state index contributed by atoms with van der Waals surface area (Å²) in [7, 11) is 0. The first kappa shape index (κ1) is 26.6. The average molecular weight is 514 g/mol. The molecule has 0 aromatic heterocycles. The van der Waals surface area contributed by atoms with E-state index in [1.54, 1.807) is 0 Å². The first-order valence-electron chi connectivity index (χ1n) is 13.1. The summed E-state index contributed by atoms with van der Waals surface area (Å²) in [4.78, 5) is 30.5. The minimum Gasteiger partial charge on any atom is -0.355 e. The Labute approximate surface area is 219 Å². The van der Waals surface area contributed by atoms with E-state index in [0.29, 0.717) is 24.5 Å². The first-order valence-corrected chi connectivity index (χ1v) is 13.5. The minimum absolute atomic E-state index is 0.0631. The van der Waals surface area contributed by atoms with Gasteiger partial charge in [0.05, 0.1) is 0 Å². The summed E-state index contributed by atoms with van der Waals surface area (Å²) >= 11 is 6.10. The van der Waals surface area contributed by atoms with Gasteiger partial charge in [-0.05, 0) is 62.1 Å². The Hall–Kier alpha value is -2.44. The van der Waals surface area contributed by atoms with Crippen LogP contribution in [0.3, 0.4) is 0 Å². The number of nitrogens with zero attached hydrogens (tertiary/aromatic N) is 2. The van der Waals surface area contributed by atoms with Gasteiger partial charge in [0.15, 0.2) is 0 Å². The maximum Gasteiger partial charge on any atom is 0.223 e. The molecule has 0 bridgehead atoms. The zero-order valence-corrected chi connectivity index (χ0v) is 22.0. The van der Waals surface area contributed by atoms with Crippen molar-refractivity contribution in [3.05, 3.63) is 70.5 Å². The highest BCUT2D eigenvalue weighted by molar-refractivity contribution is 6.30. The molecule has 36 heavy (non-hydrogen) atoms. The monoisotopic (exact) mass is 513 g/mol. The van der Waals surface area contributed by atoms with E-state index in [0.717, 1.165) is 49.9 Å². The van der Waals surface area contributed by atoms with E-state index >= 15 is 0 Å². The minimum atomic E-state index is -0.231. The molecule has 1 aliphatic heterocycles. The Kier molecular flexibility index (Phi) is 9.02. The van der Waals surface area contributed by atoms with Gasteiger partial charge in [0.25, 0.3) is 0 Å². The fourth-order valence-corrected chi connectivity index (χ4v) is 5.64. The lowest BCUT2D eigenvalue weighted by atomic mass is 9.93. The van der Waals surface area contributed by atoms with Crippen molar-refractivity contribution in [3.63, 3.8) is 0 Å². The summed E-state index contributed by atoms with van der Waals surface area (Å²) in [5.74, 6) is -0.0343. The molecule has 3 atom stereocenters. The maximum atomic E-state index is 13.5. The summed E-state index contributed by atoms with van der Waals surface area (Å²) in [6.45, 7) is 6.79. The Morgan fingerprint density at radius 1 is 1.00 bits per heavy atom. The Balaban J connectivity index is 1.39. The molecular formula is C29H37ClFN3O2. The van der Waals surface area contributed by atoms with Crippen LogP contribution < -0.4 is 5.32 Å². The molecule has 1 saturated heterocycles. The highest BCUT2D eigenvalue weighted by Crippen LogP contribution is 2.27. The molecule has 2 aliphatic rings. The molecule has 194 valence electrons. The second-order valence-electron chi connectivity index (χ2n) is 10.5. The highest BCUT2D eigenvalue weighted by atomic mass is 35.5. The van der Waals surface area contributed by atoms with Crippen LogP contribution in [-0.2, 0) is 16.1 Å². The van der Waals surface area contributed by atoms with E-state index in [4.69, 9.17) is 11.6 Å². The van der Waals surface area contributed by atoms with E-state index < -0.39 is 0 Å². The van der Waals surface area contributed by atoms with Crippen LogP contribution in [-0.4, -0.2) is 53.3 Å². The number of amides is 2. The second kappa shape index (κ2) is 12.2. The Morgan fingerprint density at radius 3 is 2.33 bits per heavy atom. The number of carbonyl (C=O) groups is 2. The van der Waals surface area contributed by atoms with Crippen LogP contribution in [0.2, 0.25) is 5.02 Å². The van der Waals surface area contributed by atoms with Gasteiger partial charge in [-0.2, -0.15) is 0 Å². The largest absolute Gasteiger partial charge is 0.355 e. The predicted octanol–water partition coefficient (Wildman–Crippen LogP) is 5.38. The van der Waals surface area contributed by atoms with E-state index in [2.05, 4.69) is 24.1 Å². The standard InChI is InChI=1S/C29H37ClFN3O2/c1-20-18-34(21(2)17-33(20)19-22-7-13-27(31)14-8-22)28(35)15-25(23-9-11-26(30)12-10-23)16-32-29(36)24-5-3-4-6-24/h7-14,20-21,24-25H,3-6,15-19H2,1-2H3,(H,32,36). The van der Waals surface area contributed by atoms with Crippen molar-refractivity contribution in [2.45, 2.75) is 70.5 Å². The number of rotatable bonds is 8. The summed E-state index contributed by atoms with van der Waals surface area (Å²) in [5.41, 5.74) is 2.08. The number of carbonyl (C=O) groups excluding carboxylic acids is 2. The zero-order chi connectivity index (χ0) is 25.7. The van der Waals surface area contributed by atoms with Crippen LogP contribution in [0.1, 0.15) is 63.0 Å². The van der Waals surface area contributed by atoms with Gasteiger partial charge in [-0.15, -0.1) is 0 Å². The molecule has 4 rings (SSSR count). The van der Waals surface area contributed by atoms with Gasteiger partial charge < -0.3 is 10.2 Å². The number of hydrogen-bond donors (Lipinski definition) is 1. The van der Waals surface area contributed by atoms with Crippen LogP contribution >= 0.6 is 11.6 Å². The zero-order valence-electron chi connectivity index (χ0n) is 21.3. The molecule has 1 N–H and O–H groups in total. The number of hydrogen-bond acceptors (Lipinski definition) is 3. The van der Waals surface area contributed by atoms with Crippen molar-refractivity contribution >= 4 is 23.4 Å². The quantitative estimate of drug-likeness (QED) is 0.515. The molecule has 2 amide bonds. The van der Waals surface area contributed by atoms with Crippen molar-refractivity contribution < 1.29 is 14.0 Å². The third-order valence-electron chi connectivity index (χ3n) is 7.75. The highest BCUT2D eigenvalue weighted by Gasteiger charge is 2.33. The average Bonchev–Trinajstić information content (AvgIpc) is 3.41. The van der Waals surface area contributed by atoms with Crippen molar-refractivity contribution in [1.82, 2.24) is 15.1 Å². The molecule has 1 aliphatic carbocycles. The fourth-order valence-electron chi connectivity index (χ4n) is 5.52. The molecule has 0 radical (unpaired) electrons. The van der Waals surface area contributed by atoms with E-state index in [-0.39, 0.29) is 41.6 Å². The predicted molar refractivity (Wildman–Crippen MR) is 141 cm³/mol. The summed E-state index contributed by atoms with van der Waals surface area (Å²) < 4.78 is 13.3. The van der Waals surface area contributed by atoms with Gasteiger partial charge >= 0.3 is 0 Å². The molecule has 7 heteroatoms. The lowest BCUT2D eigenvalue weighted by Gasteiger charge is -2.44. The lowest BCUT2D eigenvalue weighted by Crippen LogP contribution is -2.57. The van der Waals surface area contributed by atoms with Crippen LogP contribution in [0.25, 0.3) is 0 Å². The fraction of sp³-hybridized carbons (Fsp3) is 0.517. The van der Waals surface area contributed by atoms with Crippen LogP contribution in [0.4, 0.5) is 4.39 Å². The summed E-state index contributed by atoms with van der Waals surface area (Å²) in [6, 6.07) is 14.5. The van der Waals surface area contributed by atoms with Gasteiger partial charge in [-0.3, -0.25) is 14.5 Å². The molecule has 2 aromatic carbocycles. The summed E-state index contributed by atoms with van der Waals surface area (Å²) in [6.07, 6.45) is 4.46. The molecule has 1 heterocycles. The summed E-state index contributed by atoms with van der Waals surface area (Å²) in [5, 5.41) is 3.78. The molecule has 5 nitrogen and oxygen atoms in total. The van der Waals surface area contributed by atoms with Gasteiger partial charge in [0, 0.05) is 61.5 Å². The van der Waals surface area contributed by atoms with Crippen molar-refractivity contribution in [2.75, 3.05) is 19.6 Å². The van der Waals surface area contributed by atoms with Crippen molar-refractivity contribution in [2.24, 2.45) is 5.92 Å². The Bertz CT molecular complexity index is 1020. The normalized spacial score (nSPS) is 21.9. The van der Waals surface area contributed by atoms with Gasteiger partial charge in [-0.1, -0.05) is 48.7 Å². The molecule has 2 fully saturated rings. The SMILES string of the molecule is CC1CN(C(=O)CC(CNC(=O)C2CCCC2)c2ccc(Cl)cc2)C(C)CN1Cc1ccc(F)cc1. The molecule has 1 saturated carbocycles. The van der Waals surface area contributed by atoms with Crippen LogP contribution in [0.15, 0.2) is 48.5 Å². The molecule has 2 aromatic rings. The third-order valence-corrected chi connectivity index (χ3v) is 8.00. The van der Waals surface area contributed by atoms with Crippen LogP contribution in [0, 0.1) is 11.7 Å². The van der Waals surface area contributed by atoms with Crippen molar-refractivity contribution in [3.8, 4) is 0 Å². The van der Waals surface area contributed by atoms with E-state index in [1.165, 1.54) is 12.1 Å².